The summed E-state index contributed by atoms with van der Waals surface area (Å²) in [7, 11) is 0. The molecule has 3 atom stereocenters. The number of hydrogen-bond donors (Lipinski definition) is 1. The van der Waals surface area contributed by atoms with E-state index in [1.807, 2.05) is 84.9 Å². The molecule has 10 nitrogen and oxygen atoms in total. The number of carbonyl (C=O) groups is 5. The Kier molecular flexibility index (Phi) is 12.6. The van der Waals surface area contributed by atoms with Gasteiger partial charge >= 0.3 is 18.2 Å². The van der Waals surface area contributed by atoms with E-state index in [4.69, 9.17) is 9.47 Å². The number of carboxylic acids is 1. The average Bonchev–Trinajstić information content (AvgIpc) is 3.62. The monoisotopic (exact) mass is 758 g/mol. The van der Waals surface area contributed by atoms with Crippen molar-refractivity contribution in [3.8, 4) is 22.3 Å². The van der Waals surface area contributed by atoms with Crippen molar-refractivity contribution < 1.29 is 38.6 Å². The van der Waals surface area contributed by atoms with Crippen LogP contribution in [0.2, 0.25) is 0 Å². The van der Waals surface area contributed by atoms with Crippen LogP contribution in [0.4, 0.5) is 9.59 Å². The zero-order valence-electron chi connectivity index (χ0n) is 32.9. The summed E-state index contributed by atoms with van der Waals surface area (Å²) in [6, 6.07) is 35.3. The van der Waals surface area contributed by atoms with Crippen molar-refractivity contribution in [2.75, 3.05) is 0 Å². The van der Waals surface area contributed by atoms with Crippen molar-refractivity contribution >= 4 is 30.0 Å². The van der Waals surface area contributed by atoms with E-state index in [1.54, 1.807) is 41.5 Å². The lowest BCUT2D eigenvalue weighted by Gasteiger charge is -2.27. The lowest BCUT2D eigenvalue weighted by molar-refractivity contribution is -0.147. The summed E-state index contributed by atoms with van der Waals surface area (Å²) in [5.74, 6) is -3.49. The Morgan fingerprint density at radius 2 is 1.02 bits per heavy atom. The fourth-order valence-electron chi connectivity index (χ4n) is 6.73. The Bertz CT molecular complexity index is 2050. The minimum absolute atomic E-state index is 0.0772. The molecule has 6 rings (SSSR count). The maximum absolute atomic E-state index is 12.6. The topological polar surface area (TPSA) is 131 Å². The number of carboxylic acid groups (broad SMARTS) is 1. The number of nitrogens with zero attached hydrogens (tertiary/aromatic N) is 2. The molecule has 4 amide bonds. The van der Waals surface area contributed by atoms with Gasteiger partial charge in [0.1, 0.15) is 17.1 Å². The largest absolute Gasteiger partial charge is 0.481 e. The number of imide groups is 2. The van der Waals surface area contributed by atoms with Crippen molar-refractivity contribution in [2.24, 2.45) is 5.92 Å². The van der Waals surface area contributed by atoms with Gasteiger partial charge in [0.15, 0.2) is 0 Å². The number of benzene rings is 4. The maximum atomic E-state index is 12.6. The summed E-state index contributed by atoms with van der Waals surface area (Å²) in [6.45, 7) is 14.3. The molecular weight excluding hydrogens is 709 g/mol. The van der Waals surface area contributed by atoms with Gasteiger partial charge in [0.05, 0.1) is 6.04 Å². The molecule has 4 aromatic rings. The van der Waals surface area contributed by atoms with E-state index < -0.39 is 47.2 Å². The molecule has 2 aliphatic rings. The molecule has 1 N–H and O–H groups in total. The summed E-state index contributed by atoms with van der Waals surface area (Å²) in [5.41, 5.74) is 5.45. The van der Waals surface area contributed by atoms with Gasteiger partial charge in [-0.1, -0.05) is 116 Å². The standard InChI is InChI=1S/C23H25NO5.C23H25NO3/c1-23(2,3)29-22(28)24-18(14-19(20(24)25)21(26)27)13-15-9-11-17(12-10-15)16-7-5-4-6-8-16;1-16-14-20(24(21(16)25)22(26)27-23(2,3)4)15-17-10-12-19(13-11-17)18-8-6-5-7-9-18/h4-12,18-19H,13-14H2,1-3H3,(H,26,27);5-13,20H,1,14-15H2,2-4H3/t18-,19?;20-/m10/s1. The quantitative estimate of drug-likeness (QED) is 0.146. The van der Waals surface area contributed by atoms with Crippen molar-refractivity contribution in [2.45, 2.75) is 90.5 Å². The van der Waals surface area contributed by atoms with Crippen LogP contribution in [0.25, 0.3) is 22.3 Å². The predicted molar refractivity (Wildman–Crippen MR) is 214 cm³/mol. The second-order valence-corrected chi connectivity index (χ2v) is 16.1. The first-order chi connectivity index (χ1) is 26.4. The number of rotatable bonds is 7. The van der Waals surface area contributed by atoms with E-state index in [0.29, 0.717) is 24.8 Å². The lowest BCUT2D eigenvalue weighted by atomic mass is 9.97. The highest BCUT2D eigenvalue weighted by Crippen LogP contribution is 2.31. The molecule has 2 saturated heterocycles. The number of carbonyl (C=O) groups excluding carboxylic acids is 4. The maximum Gasteiger partial charge on any atom is 0.417 e. The fourth-order valence-corrected chi connectivity index (χ4v) is 6.73. The molecule has 10 heteroatoms. The number of likely N-dealkylation sites (tertiary alicyclic amines) is 2. The van der Waals surface area contributed by atoms with Gasteiger partial charge in [0.25, 0.3) is 5.91 Å². The van der Waals surface area contributed by atoms with Crippen molar-refractivity contribution in [3.63, 3.8) is 0 Å². The second kappa shape index (κ2) is 17.2. The Labute approximate surface area is 328 Å². The van der Waals surface area contributed by atoms with E-state index in [9.17, 15) is 29.1 Å². The number of amides is 4. The van der Waals surface area contributed by atoms with Crippen LogP contribution < -0.4 is 0 Å². The van der Waals surface area contributed by atoms with Crippen LogP contribution in [0, 0.1) is 5.92 Å². The Balaban J connectivity index is 0.000000215. The molecule has 56 heavy (non-hydrogen) atoms. The highest BCUT2D eigenvalue weighted by molar-refractivity contribution is 6.05. The summed E-state index contributed by atoms with van der Waals surface area (Å²) < 4.78 is 10.7. The molecule has 2 fully saturated rings. The molecule has 2 heterocycles. The third kappa shape index (κ3) is 10.6. The molecule has 1 unspecified atom stereocenters. The Morgan fingerprint density at radius 1 is 0.625 bits per heavy atom. The summed E-state index contributed by atoms with van der Waals surface area (Å²) >= 11 is 0. The summed E-state index contributed by atoms with van der Waals surface area (Å²) in [6.07, 6.45) is 0.115. The zero-order chi connectivity index (χ0) is 40.8. The van der Waals surface area contributed by atoms with Crippen LogP contribution >= 0.6 is 0 Å². The van der Waals surface area contributed by atoms with E-state index >= 15 is 0 Å². The predicted octanol–water partition coefficient (Wildman–Crippen LogP) is 9.12. The van der Waals surface area contributed by atoms with E-state index in [2.05, 4.69) is 30.8 Å². The van der Waals surface area contributed by atoms with Crippen molar-refractivity contribution in [3.05, 3.63) is 132 Å². The highest BCUT2D eigenvalue weighted by atomic mass is 16.6. The van der Waals surface area contributed by atoms with Crippen molar-refractivity contribution in [1.29, 1.82) is 0 Å². The highest BCUT2D eigenvalue weighted by Gasteiger charge is 2.48. The third-order valence-electron chi connectivity index (χ3n) is 9.32. The van der Waals surface area contributed by atoms with Gasteiger partial charge in [0, 0.05) is 11.6 Å². The first-order valence-electron chi connectivity index (χ1n) is 18.7. The van der Waals surface area contributed by atoms with Crippen LogP contribution in [0.1, 0.15) is 65.5 Å². The molecule has 0 bridgehead atoms. The number of aliphatic carboxylic acids is 1. The van der Waals surface area contributed by atoms with Gasteiger partial charge in [-0.2, -0.15) is 0 Å². The minimum atomic E-state index is -1.23. The zero-order valence-corrected chi connectivity index (χ0v) is 32.9. The minimum Gasteiger partial charge on any atom is -0.481 e. The van der Waals surface area contributed by atoms with E-state index in [1.165, 1.54) is 4.90 Å². The van der Waals surface area contributed by atoms with Crippen LogP contribution in [-0.4, -0.2) is 68.2 Å². The van der Waals surface area contributed by atoms with Crippen molar-refractivity contribution in [1.82, 2.24) is 9.80 Å². The molecule has 0 spiro atoms. The Hall–Kier alpha value is -6.03. The fraction of sp³-hybridized carbons (Fsp3) is 0.326. The van der Waals surface area contributed by atoms with Gasteiger partial charge in [-0.15, -0.1) is 0 Å². The number of hydrogen-bond acceptors (Lipinski definition) is 7. The van der Waals surface area contributed by atoms with Crippen LogP contribution in [0.15, 0.2) is 121 Å². The molecular formula is C46H50N2O8. The molecule has 2 aliphatic heterocycles. The van der Waals surface area contributed by atoms with Gasteiger partial charge in [-0.3, -0.25) is 14.4 Å². The van der Waals surface area contributed by atoms with Gasteiger partial charge < -0.3 is 14.6 Å². The molecule has 0 aromatic heterocycles. The van der Waals surface area contributed by atoms with Crippen LogP contribution in [0.5, 0.6) is 0 Å². The average molecular weight is 759 g/mol. The SMILES string of the molecule is C=C1C[C@@H](Cc2ccc(-c3ccccc3)cc2)N(C(=O)OC(C)(C)C)C1=O.CC(C)(C)OC(=O)N1C(=O)C(C(=O)O)C[C@H]1Cc1ccc(-c2ccccc2)cc1. The van der Waals surface area contributed by atoms with Gasteiger partial charge in [-0.05, 0) is 101 Å². The molecule has 292 valence electrons. The Morgan fingerprint density at radius 3 is 1.43 bits per heavy atom. The number of ether oxygens (including phenoxy) is 2. The van der Waals surface area contributed by atoms with Crippen LogP contribution in [-0.2, 0) is 36.7 Å². The molecule has 4 aromatic carbocycles. The molecule has 0 radical (unpaired) electrons. The molecule has 0 aliphatic carbocycles. The van der Waals surface area contributed by atoms with E-state index in [-0.39, 0.29) is 18.4 Å². The first kappa shape index (κ1) is 41.1. The molecule has 0 saturated carbocycles. The second-order valence-electron chi connectivity index (χ2n) is 16.1. The van der Waals surface area contributed by atoms with Gasteiger partial charge in [-0.25, -0.2) is 19.4 Å². The van der Waals surface area contributed by atoms with E-state index in [0.717, 1.165) is 38.3 Å². The van der Waals surface area contributed by atoms with Crippen LogP contribution in [0.3, 0.4) is 0 Å². The smallest absolute Gasteiger partial charge is 0.417 e. The first-order valence-corrected chi connectivity index (χ1v) is 18.7. The lowest BCUT2D eigenvalue weighted by Crippen LogP contribution is -2.44. The summed E-state index contributed by atoms with van der Waals surface area (Å²) in [4.78, 5) is 63.7. The van der Waals surface area contributed by atoms with Gasteiger partial charge in [0.2, 0.25) is 5.91 Å². The third-order valence-corrected chi connectivity index (χ3v) is 9.32. The summed E-state index contributed by atoms with van der Waals surface area (Å²) in [5, 5.41) is 9.36. The normalized spacial score (nSPS) is 18.3.